The van der Waals surface area contributed by atoms with Crippen LogP contribution >= 0.6 is 0 Å². The number of rotatable bonds is 6. The summed E-state index contributed by atoms with van der Waals surface area (Å²) in [6.45, 7) is 6.42. The van der Waals surface area contributed by atoms with Crippen LogP contribution in [0.1, 0.15) is 63.9 Å². The Labute approximate surface area is 324 Å². The Kier molecular flexibility index (Phi) is 10.4. The van der Waals surface area contributed by atoms with Crippen molar-refractivity contribution in [2.45, 2.75) is 70.4 Å². The van der Waals surface area contributed by atoms with Crippen molar-refractivity contribution in [1.29, 1.82) is 0 Å². The van der Waals surface area contributed by atoms with Crippen LogP contribution in [-0.4, -0.2) is 92.3 Å². The van der Waals surface area contributed by atoms with Crippen molar-refractivity contribution in [2.75, 3.05) is 42.6 Å². The Morgan fingerprint density at radius 2 is 1.73 bits per heavy atom. The van der Waals surface area contributed by atoms with Gasteiger partial charge in [-0.05, 0) is 73.9 Å². The number of para-hydroxylation sites is 2. The van der Waals surface area contributed by atoms with Gasteiger partial charge < -0.3 is 19.6 Å². The van der Waals surface area contributed by atoms with Gasteiger partial charge in [0.25, 0.3) is 0 Å². The molecule has 14 heteroatoms. The number of hydrogen-bond donors (Lipinski definition) is 2. The van der Waals surface area contributed by atoms with Gasteiger partial charge >= 0.3 is 0 Å². The van der Waals surface area contributed by atoms with E-state index in [4.69, 9.17) is 4.74 Å². The summed E-state index contributed by atoms with van der Waals surface area (Å²) in [6.07, 6.45) is 7.79. The van der Waals surface area contributed by atoms with E-state index in [1.807, 2.05) is 26.0 Å². The number of benzene rings is 2. The zero-order chi connectivity index (χ0) is 38.9. The zero-order valence-corrected chi connectivity index (χ0v) is 31.5. The minimum Gasteiger partial charge on any atom is -0.507 e. The van der Waals surface area contributed by atoms with Crippen LogP contribution in [0.5, 0.6) is 11.5 Å². The minimum absolute atomic E-state index is 0.0671. The van der Waals surface area contributed by atoms with E-state index in [-0.39, 0.29) is 41.9 Å². The van der Waals surface area contributed by atoms with Crippen LogP contribution in [0.15, 0.2) is 73.1 Å². The number of halogens is 1. The molecule has 4 aliphatic rings. The predicted octanol–water partition coefficient (Wildman–Crippen LogP) is 5.73. The molecule has 2 saturated heterocycles. The summed E-state index contributed by atoms with van der Waals surface area (Å²) in [4.78, 5) is 48.4. The first-order valence-corrected chi connectivity index (χ1v) is 19.5. The normalized spacial score (nSPS) is 21.6. The van der Waals surface area contributed by atoms with Gasteiger partial charge in [0.2, 0.25) is 17.7 Å². The predicted molar refractivity (Wildman–Crippen MR) is 209 cm³/mol. The lowest BCUT2D eigenvalue weighted by Gasteiger charge is -2.42. The molecule has 0 spiro atoms. The van der Waals surface area contributed by atoms with E-state index < -0.39 is 11.9 Å². The molecule has 9 rings (SSSR count). The number of hydrogen-bond acceptors (Lipinski definition) is 10. The number of aromatic nitrogens is 4. The lowest BCUT2D eigenvalue weighted by atomic mass is 9.80. The van der Waals surface area contributed by atoms with Crippen molar-refractivity contribution < 1.29 is 28.6 Å². The highest BCUT2D eigenvalue weighted by molar-refractivity contribution is 6.02. The second-order valence-electron chi connectivity index (χ2n) is 14.4. The van der Waals surface area contributed by atoms with E-state index in [9.17, 15) is 19.5 Å². The Balaban J connectivity index is 0.00000217. The van der Waals surface area contributed by atoms with Gasteiger partial charge in [-0.2, -0.15) is 0 Å². The van der Waals surface area contributed by atoms with Crippen molar-refractivity contribution in [3.05, 3.63) is 84.4 Å². The molecule has 0 bridgehead atoms. The van der Waals surface area contributed by atoms with Crippen LogP contribution < -0.4 is 19.9 Å². The molecule has 290 valence electrons. The number of anilines is 2. The maximum absolute atomic E-state index is 15.8. The standard InChI is InChI=1S/C40H39FN8O5.C2H6/c41-29-20-26(22-42-39(29)49-15-14-30-34(49)21-31(45-44-30)28-4-1-2-7-35(28)50)47-17-16-46(23-37(47)52)25-10-8-24(9-11-25)27-5-3-6-32-38(27)54-19-18-48(32)33-12-13-36(51)43-40(33)53;1-2/h1-7,14-15,20-22,24-25,33,50H,8-13,16-19,23H2,(H,43,51,53);1-2H3. The molecule has 3 aromatic heterocycles. The van der Waals surface area contributed by atoms with Crippen LogP contribution in [-0.2, 0) is 14.4 Å². The number of piperazine rings is 1. The number of pyridine rings is 1. The monoisotopic (exact) mass is 760 g/mol. The number of carbonyl (C=O) groups excluding carboxylic acids is 3. The van der Waals surface area contributed by atoms with Gasteiger partial charge in [0, 0.05) is 43.4 Å². The Hall–Kier alpha value is -5.89. The smallest absolute Gasteiger partial charge is 0.249 e. The number of phenols is 1. The fourth-order valence-electron chi connectivity index (χ4n) is 8.63. The van der Waals surface area contributed by atoms with Crippen molar-refractivity contribution in [2.24, 2.45) is 0 Å². The molecule has 5 aromatic rings. The van der Waals surface area contributed by atoms with Gasteiger partial charge in [0.05, 0.1) is 41.9 Å². The summed E-state index contributed by atoms with van der Waals surface area (Å²) < 4.78 is 23.6. The molecule has 1 unspecified atom stereocenters. The fourth-order valence-corrected chi connectivity index (χ4v) is 8.63. The third kappa shape index (κ3) is 6.93. The minimum atomic E-state index is -0.577. The van der Waals surface area contributed by atoms with Gasteiger partial charge in [0.15, 0.2) is 11.6 Å². The van der Waals surface area contributed by atoms with E-state index in [2.05, 4.69) is 36.4 Å². The summed E-state index contributed by atoms with van der Waals surface area (Å²) in [7, 11) is 0. The van der Waals surface area contributed by atoms with Crippen molar-refractivity contribution in [1.82, 2.24) is 30.0 Å². The maximum Gasteiger partial charge on any atom is 0.249 e. The highest BCUT2D eigenvalue weighted by Crippen LogP contribution is 2.45. The third-order valence-corrected chi connectivity index (χ3v) is 11.4. The first-order chi connectivity index (χ1) is 27.3. The first kappa shape index (κ1) is 37.1. The number of piperidine rings is 1. The molecular formula is C42H45FN8O5. The van der Waals surface area contributed by atoms with Crippen LogP contribution in [0.3, 0.4) is 0 Å². The summed E-state index contributed by atoms with van der Waals surface area (Å²) in [5.74, 6) is 0.128. The number of fused-ring (bicyclic) bond motifs is 2. The van der Waals surface area contributed by atoms with Crippen LogP contribution in [0, 0.1) is 5.82 Å². The van der Waals surface area contributed by atoms with Gasteiger partial charge in [-0.25, -0.2) is 9.37 Å². The first-order valence-electron chi connectivity index (χ1n) is 19.5. The Bertz CT molecular complexity index is 2290. The topological polar surface area (TPSA) is 146 Å². The number of carbonyl (C=O) groups is 3. The van der Waals surface area contributed by atoms with E-state index in [0.29, 0.717) is 73.0 Å². The number of nitrogens with zero attached hydrogens (tertiary/aromatic N) is 7. The van der Waals surface area contributed by atoms with E-state index >= 15 is 4.39 Å². The van der Waals surface area contributed by atoms with Gasteiger partial charge in [0.1, 0.15) is 29.7 Å². The molecule has 2 N–H and O–H groups in total. The van der Waals surface area contributed by atoms with Gasteiger partial charge in [-0.3, -0.25) is 29.2 Å². The second kappa shape index (κ2) is 15.7. The summed E-state index contributed by atoms with van der Waals surface area (Å²) in [6, 6.07) is 17.7. The number of phenolic OH excluding ortho intramolecular Hbond substituents is 1. The number of nitrogens with one attached hydrogen (secondary N) is 1. The zero-order valence-electron chi connectivity index (χ0n) is 31.5. The molecule has 1 atom stereocenters. The molecule has 0 radical (unpaired) electrons. The van der Waals surface area contributed by atoms with E-state index in [1.165, 1.54) is 12.3 Å². The average Bonchev–Trinajstić information content (AvgIpc) is 3.64. The van der Waals surface area contributed by atoms with Crippen molar-refractivity contribution in [3.63, 3.8) is 0 Å². The van der Waals surface area contributed by atoms with E-state index in [0.717, 1.165) is 42.7 Å². The molecule has 2 aromatic carbocycles. The highest BCUT2D eigenvalue weighted by Gasteiger charge is 2.37. The molecule has 3 amide bonds. The quantitative estimate of drug-likeness (QED) is 0.206. The molecule has 3 aliphatic heterocycles. The van der Waals surface area contributed by atoms with E-state index in [1.54, 1.807) is 52.1 Å². The lowest BCUT2D eigenvalue weighted by Crippen LogP contribution is -2.54. The lowest BCUT2D eigenvalue weighted by molar-refractivity contribution is -0.134. The SMILES string of the molecule is CC.O=C1CCC(N2CCOc3c(C4CCC(N5CCN(c6cnc(-n7ccc8nnc(-c9ccccc9O)cc87)c(F)c6)C(=O)C5)CC4)cccc32)C(=O)N1. The summed E-state index contributed by atoms with van der Waals surface area (Å²) in [5, 5.41) is 21.3. The molecule has 56 heavy (non-hydrogen) atoms. The van der Waals surface area contributed by atoms with Crippen molar-refractivity contribution in [3.8, 4) is 28.6 Å². The molecule has 1 aliphatic carbocycles. The van der Waals surface area contributed by atoms with Gasteiger partial charge in [-0.15, -0.1) is 10.2 Å². The number of amides is 3. The third-order valence-electron chi connectivity index (χ3n) is 11.4. The maximum atomic E-state index is 15.8. The molecular weight excluding hydrogens is 716 g/mol. The molecule has 6 heterocycles. The molecule has 3 fully saturated rings. The number of imide groups is 1. The molecule has 1 saturated carbocycles. The number of ether oxygens (including phenoxy) is 1. The van der Waals surface area contributed by atoms with Crippen LogP contribution in [0.2, 0.25) is 0 Å². The Morgan fingerprint density at radius 1 is 0.911 bits per heavy atom. The highest BCUT2D eigenvalue weighted by atomic mass is 19.1. The Morgan fingerprint density at radius 3 is 2.50 bits per heavy atom. The van der Waals surface area contributed by atoms with Crippen LogP contribution in [0.4, 0.5) is 15.8 Å². The largest absolute Gasteiger partial charge is 0.507 e. The fraction of sp³-hybridized carbons (Fsp3) is 0.381. The van der Waals surface area contributed by atoms with Crippen molar-refractivity contribution >= 4 is 40.1 Å². The second-order valence-corrected chi connectivity index (χ2v) is 14.4. The van der Waals surface area contributed by atoms with Crippen LogP contribution in [0.25, 0.3) is 28.1 Å². The summed E-state index contributed by atoms with van der Waals surface area (Å²) >= 11 is 0. The summed E-state index contributed by atoms with van der Waals surface area (Å²) in [5.41, 5.74) is 4.56. The molecule has 13 nitrogen and oxygen atoms in total. The average molecular weight is 761 g/mol. The number of aromatic hydroxyl groups is 1. The van der Waals surface area contributed by atoms with Gasteiger partial charge in [-0.1, -0.05) is 38.1 Å².